The maximum Gasteiger partial charge on any atom is 0.387 e. The number of benzene rings is 1. The Labute approximate surface area is 200 Å². The molecular weight excluding hydrogens is 460 g/mol. The first kappa shape index (κ1) is 24.2. The Kier molecular flexibility index (Phi) is 7.28. The number of alkyl halides is 2. The monoisotopic (exact) mass is 487 g/mol. The van der Waals surface area contributed by atoms with Gasteiger partial charge in [0.05, 0.1) is 22.8 Å². The summed E-state index contributed by atoms with van der Waals surface area (Å²) >= 11 is 0. The number of ether oxygens (including phenoxy) is 1. The van der Waals surface area contributed by atoms with E-state index < -0.39 is 12.6 Å². The fraction of sp³-hybridized carbons (Fsp3) is 0.391. The molecule has 1 aromatic carbocycles. The highest BCUT2D eigenvalue weighted by atomic mass is 19.3. The van der Waals surface area contributed by atoms with Gasteiger partial charge in [-0.2, -0.15) is 13.9 Å². The molecule has 2 aromatic heterocycles. The second-order valence-corrected chi connectivity index (χ2v) is 8.19. The summed E-state index contributed by atoms with van der Waals surface area (Å²) < 4.78 is 30.8. The molecule has 186 valence electrons. The number of nitrogens with two attached hydrogens (primary N) is 1. The zero-order valence-corrected chi connectivity index (χ0v) is 19.2. The highest BCUT2D eigenvalue weighted by Gasteiger charge is 2.25. The standard InChI is InChI=1S/C23H27F2N7O3/c1-2-32-20-17(13-29-32)19(30-15-7-9-31(10-8-15)23(26)34)18(12-27-20)21(33)28-11-14-3-5-16(6-4-14)35-22(24)25/h3-6,12-13,15,22H,2,7-11H2,1H3,(H2,26,34)(H,27,30)(H,28,33). The summed E-state index contributed by atoms with van der Waals surface area (Å²) in [6.45, 7) is 0.943. The number of hydrogen-bond acceptors (Lipinski definition) is 6. The Balaban J connectivity index is 1.52. The van der Waals surface area contributed by atoms with Crippen LogP contribution in [0.2, 0.25) is 0 Å². The molecule has 3 aromatic rings. The Morgan fingerprint density at radius 2 is 1.91 bits per heavy atom. The number of anilines is 1. The van der Waals surface area contributed by atoms with E-state index in [0.717, 1.165) is 10.9 Å². The number of piperidine rings is 1. The van der Waals surface area contributed by atoms with E-state index in [9.17, 15) is 18.4 Å². The Morgan fingerprint density at radius 3 is 2.54 bits per heavy atom. The molecule has 0 radical (unpaired) electrons. The first-order valence-electron chi connectivity index (χ1n) is 11.3. The number of pyridine rings is 1. The number of primary amides is 1. The third-order valence-corrected chi connectivity index (χ3v) is 5.97. The number of aromatic nitrogens is 3. The van der Waals surface area contributed by atoms with Crippen LogP contribution in [0, 0.1) is 0 Å². The number of nitrogens with zero attached hydrogens (tertiary/aromatic N) is 4. The third kappa shape index (κ3) is 5.58. The smallest absolute Gasteiger partial charge is 0.387 e. The molecule has 3 amide bonds. The van der Waals surface area contributed by atoms with Crippen LogP contribution in [-0.2, 0) is 13.1 Å². The molecule has 1 aliphatic rings. The number of likely N-dealkylation sites (tertiary alicyclic amines) is 1. The SMILES string of the molecule is CCn1ncc2c(NC3CCN(C(N)=O)CC3)c(C(=O)NCc3ccc(OC(F)F)cc3)cnc21. The van der Waals surface area contributed by atoms with Gasteiger partial charge in [-0.1, -0.05) is 12.1 Å². The van der Waals surface area contributed by atoms with Gasteiger partial charge in [-0.05, 0) is 37.5 Å². The molecule has 4 N–H and O–H groups in total. The molecule has 0 bridgehead atoms. The molecule has 12 heteroatoms. The Bertz CT molecular complexity index is 1190. The summed E-state index contributed by atoms with van der Waals surface area (Å²) in [6, 6.07) is 5.66. The van der Waals surface area contributed by atoms with E-state index in [4.69, 9.17) is 5.73 Å². The summed E-state index contributed by atoms with van der Waals surface area (Å²) in [4.78, 5) is 30.6. The van der Waals surface area contributed by atoms with E-state index in [1.807, 2.05) is 6.92 Å². The minimum Gasteiger partial charge on any atom is -0.435 e. The second kappa shape index (κ2) is 10.5. The minimum atomic E-state index is -2.89. The van der Waals surface area contributed by atoms with Gasteiger partial charge < -0.3 is 26.0 Å². The predicted octanol–water partition coefficient (Wildman–Crippen LogP) is 2.94. The van der Waals surface area contributed by atoms with Gasteiger partial charge in [-0.3, -0.25) is 4.79 Å². The number of amides is 3. The van der Waals surface area contributed by atoms with Crippen molar-refractivity contribution in [3.8, 4) is 5.75 Å². The zero-order valence-electron chi connectivity index (χ0n) is 19.2. The van der Waals surface area contributed by atoms with Crippen molar-refractivity contribution in [3.05, 3.63) is 47.8 Å². The van der Waals surface area contributed by atoms with Gasteiger partial charge >= 0.3 is 12.6 Å². The van der Waals surface area contributed by atoms with Crippen molar-refractivity contribution < 1.29 is 23.1 Å². The molecule has 0 saturated carbocycles. The van der Waals surface area contributed by atoms with Crippen molar-refractivity contribution in [1.29, 1.82) is 0 Å². The normalized spacial score (nSPS) is 14.3. The highest BCUT2D eigenvalue weighted by Crippen LogP contribution is 2.28. The molecule has 0 atom stereocenters. The number of hydrogen-bond donors (Lipinski definition) is 3. The van der Waals surface area contributed by atoms with Crippen LogP contribution in [0.3, 0.4) is 0 Å². The summed E-state index contributed by atoms with van der Waals surface area (Å²) in [5, 5.41) is 11.4. The van der Waals surface area contributed by atoms with Gasteiger partial charge in [0.25, 0.3) is 5.91 Å². The van der Waals surface area contributed by atoms with Crippen LogP contribution in [-0.4, -0.2) is 57.3 Å². The lowest BCUT2D eigenvalue weighted by atomic mass is 10.0. The molecule has 0 unspecified atom stereocenters. The molecular formula is C23H27F2N7O3. The van der Waals surface area contributed by atoms with Crippen molar-refractivity contribution >= 4 is 28.7 Å². The quantitative estimate of drug-likeness (QED) is 0.448. The highest BCUT2D eigenvalue weighted by molar-refractivity contribution is 6.06. The first-order valence-corrected chi connectivity index (χ1v) is 11.3. The van der Waals surface area contributed by atoms with Gasteiger partial charge in [0.15, 0.2) is 5.65 Å². The molecule has 10 nitrogen and oxygen atoms in total. The van der Waals surface area contributed by atoms with Gasteiger partial charge in [0, 0.05) is 38.4 Å². The van der Waals surface area contributed by atoms with Crippen LogP contribution in [0.15, 0.2) is 36.7 Å². The average molecular weight is 488 g/mol. The second-order valence-electron chi connectivity index (χ2n) is 8.19. The largest absolute Gasteiger partial charge is 0.435 e. The lowest BCUT2D eigenvalue weighted by molar-refractivity contribution is -0.0498. The maximum atomic E-state index is 13.1. The maximum absolute atomic E-state index is 13.1. The van der Waals surface area contributed by atoms with E-state index in [1.165, 1.54) is 18.3 Å². The van der Waals surface area contributed by atoms with Crippen LogP contribution < -0.4 is 21.1 Å². The number of halogens is 2. The minimum absolute atomic E-state index is 0.0371. The zero-order chi connectivity index (χ0) is 24.9. The Hall–Kier alpha value is -3.96. The molecule has 4 rings (SSSR count). The van der Waals surface area contributed by atoms with Crippen molar-refractivity contribution in [3.63, 3.8) is 0 Å². The number of rotatable bonds is 8. The van der Waals surface area contributed by atoms with E-state index in [-0.39, 0.29) is 24.2 Å². The number of fused-ring (bicyclic) bond motifs is 1. The lowest BCUT2D eigenvalue weighted by Gasteiger charge is -2.32. The van der Waals surface area contributed by atoms with E-state index in [1.54, 1.807) is 27.9 Å². The molecule has 0 aliphatic carbocycles. The van der Waals surface area contributed by atoms with Crippen molar-refractivity contribution in [1.82, 2.24) is 25.0 Å². The van der Waals surface area contributed by atoms with Crippen molar-refractivity contribution in [2.75, 3.05) is 18.4 Å². The number of carbonyl (C=O) groups excluding carboxylic acids is 2. The summed E-state index contributed by atoms with van der Waals surface area (Å²) in [7, 11) is 0. The van der Waals surface area contributed by atoms with Gasteiger partial charge in [-0.25, -0.2) is 14.5 Å². The number of carbonyl (C=O) groups is 2. The van der Waals surface area contributed by atoms with Crippen LogP contribution in [0.25, 0.3) is 11.0 Å². The van der Waals surface area contributed by atoms with Crippen LogP contribution in [0.5, 0.6) is 5.75 Å². The molecule has 1 aliphatic heterocycles. The fourth-order valence-corrected chi connectivity index (χ4v) is 4.10. The Morgan fingerprint density at radius 1 is 1.20 bits per heavy atom. The van der Waals surface area contributed by atoms with Crippen molar-refractivity contribution in [2.45, 2.75) is 45.5 Å². The number of urea groups is 1. The summed E-state index contributed by atoms with van der Waals surface area (Å²) in [5.74, 6) is -0.292. The number of nitrogens with one attached hydrogen (secondary N) is 2. The third-order valence-electron chi connectivity index (χ3n) is 5.97. The van der Waals surface area contributed by atoms with E-state index in [2.05, 4.69) is 25.5 Å². The van der Waals surface area contributed by atoms with Crippen LogP contribution in [0.1, 0.15) is 35.7 Å². The van der Waals surface area contributed by atoms with Crippen LogP contribution >= 0.6 is 0 Å². The fourth-order valence-electron chi connectivity index (χ4n) is 4.10. The molecule has 35 heavy (non-hydrogen) atoms. The van der Waals surface area contributed by atoms with E-state index in [0.29, 0.717) is 49.4 Å². The predicted molar refractivity (Wildman–Crippen MR) is 125 cm³/mol. The van der Waals surface area contributed by atoms with Gasteiger partial charge in [0.1, 0.15) is 5.75 Å². The van der Waals surface area contributed by atoms with Crippen molar-refractivity contribution in [2.24, 2.45) is 5.73 Å². The van der Waals surface area contributed by atoms with Gasteiger partial charge in [0.2, 0.25) is 0 Å². The molecule has 3 heterocycles. The molecule has 1 saturated heterocycles. The summed E-state index contributed by atoms with van der Waals surface area (Å²) in [6.07, 6.45) is 4.57. The topological polar surface area (TPSA) is 127 Å². The van der Waals surface area contributed by atoms with Crippen LogP contribution in [0.4, 0.5) is 19.3 Å². The first-order chi connectivity index (χ1) is 16.9. The number of aryl methyl sites for hydroxylation is 1. The molecule has 0 spiro atoms. The molecule has 1 fully saturated rings. The summed E-state index contributed by atoms with van der Waals surface area (Å²) in [5.41, 5.74) is 7.77. The van der Waals surface area contributed by atoms with E-state index >= 15 is 0 Å². The lowest BCUT2D eigenvalue weighted by Crippen LogP contribution is -2.44. The average Bonchev–Trinajstić information content (AvgIpc) is 3.27. The van der Waals surface area contributed by atoms with Gasteiger partial charge in [-0.15, -0.1) is 0 Å².